The number of likely N-dealkylation sites (tertiary alicyclic amines) is 1. The smallest absolute Gasteiger partial charge is 0.321 e. The summed E-state index contributed by atoms with van der Waals surface area (Å²) in [6, 6.07) is 4.18. The second-order valence-corrected chi connectivity index (χ2v) is 8.20. The number of rotatable bonds is 8. The molecule has 1 amide bonds. The summed E-state index contributed by atoms with van der Waals surface area (Å²) in [4.78, 5) is 25.6. The van der Waals surface area contributed by atoms with E-state index >= 15 is 0 Å². The lowest BCUT2D eigenvalue weighted by molar-refractivity contribution is -0.152. The summed E-state index contributed by atoms with van der Waals surface area (Å²) < 4.78 is 41.9. The van der Waals surface area contributed by atoms with E-state index in [0.29, 0.717) is 12.3 Å². The summed E-state index contributed by atoms with van der Waals surface area (Å²) in [7, 11) is -1.14. The van der Waals surface area contributed by atoms with Crippen LogP contribution in [0.1, 0.15) is 26.2 Å². The van der Waals surface area contributed by atoms with Crippen LogP contribution in [-0.4, -0.2) is 65.2 Å². The van der Waals surface area contributed by atoms with Crippen molar-refractivity contribution in [1.82, 2.24) is 9.62 Å². The Kier molecular flexibility index (Phi) is 7.64. The van der Waals surface area contributed by atoms with Crippen LogP contribution in [0, 0.1) is 0 Å². The molecule has 0 radical (unpaired) electrons. The van der Waals surface area contributed by atoms with E-state index in [-0.39, 0.29) is 22.6 Å². The number of methoxy groups -OCH3 is 2. The number of piperidine rings is 1. The number of amides is 1. The Bertz CT molecular complexity index is 810. The van der Waals surface area contributed by atoms with Crippen molar-refractivity contribution >= 4 is 21.9 Å². The molecule has 10 heteroatoms. The summed E-state index contributed by atoms with van der Waals surface area (Å²) in [6.07, 6.45) is 2.92. The number of nitrogens with zero attached hydrogens (tertiary/aromatic N) is 1. The number of sulfonamides is 1. The highest BCUT2D eigenvalue weighted by atomic mass is 32.2. The van der Waals surface area contributed by atoms with Crippen molar-refractivity contribution in [3.05, 3.63) is 18.2 Å². The first-order valence-electron chi connectivity index (χ1n) is 8.95. The molecule has 0 aliphatic carbocycles. The van der Waals surface area contributed by atoms with Crippen molar-refractivity contribution in [2.24, 2.45) is 0 Å². The number of carbonyl (C=O) groups is 2. The van der Waals surface area contributed by atoms with Crippen molar-refractivity contribution in [1.29, 1.82) is 0 Å². The van der Waals surface area contributed by atoms with Gasteiger partial charge in [-0.05, 0) is 38.3 Å². The molecule has 0 spiro atoms. The molecule has 1 fully saturated rings. The van der Waals surface area contributed by atoms with Gasteiger partial charge in [0.25, 0.3) is 5.91 Å². The Morgan fingerprint density at radius 3 is 2.54 bits per heavy atom. The fourth-order valence-electron chi connectivity index (χ4n) is 2.97. The zero-order valence-electron chi connectivity index (χ0n) is 16.3. The van der Waals surface area contributed by atoms with Crippen molar-refractivity contribution in [3.63, 3.8) is 0 Å². The highest BCUT2D eigenvalue weighted by Crippen LogP contribution is 2.29. The lowest BCUT2D eigenvalue weighted by atomic mass is 10.0. The predicted octanol–water partition coefficient (Wildman–Crippen LogP) is 0.926. The van der Waals surface area contributed by atoms with Crippen LogP contribution >= 0.6 is 0 Å². The maximum atomic E-state index is 12.3. The molecule has 0 saturated carbocycles. The first kappa shape index (κ1) is 22.0. The van der Waals surface area contributed by atoms with E-state index in [0.717, 1.165) is 19.3 Å². The monoisotopic (exact) mass is 414 g/mol. The minimum absolute atomic E-state index is 0.0869. The highest BCUT2D eigenvalue weighted by Gasteiger charge is 2.24. The number of hydrogen-bond acceptors (Lipinski definition) is 7. The molecule has 1 aromatic rings. The fraction of sp³-hybridized carbons (Fsp3) is 0.556. The summed E-state index contributed by atoms with van der Waals surface area (Å²) in [6.45, 7) is 1.61. The lowest BCUT2D eigenvalue weighted by Gasteiger charge is -2.33. The Balaban J connectivity index is 1.88. The molecule has 1 aliphatic heterocycles. The molecule has 1 atom stereocenters. The van der Waals surface area contributed by atoms with Gasteiger partial charge in [-0.3, -0.25) is 9.59 Å². The zero-order valence-corrected chi connectivity index (χ0v) is 17.1. The number of ether oxygens (including phenoxy) is 3. The predicted molar refractivity (Wildman–Crippen MR) is 101 cm³/mol. The van der Waals surface area contributed by atoms with Crippen LogP contribution < -0.4 is 14.2 Å². The Morgan fingerprint density at radius 1 is 1.18 bits per heavy atom. The van der Waals surface area contributed by atoms with Gasteiger partial charge in [-0.1, -0.05) is 0 Å². The van der Waals surface area contributed by atoms with E-state index < -0.39 is 29.1 Å². The van der Waals surface area contributed by atoms with Gasteiger partial charge in [-0.15, -0.1) is 0 Å². The van der Waals surface area contributed by atoms with E-state index in [4.69, 9.17) is 14.2 Å². The van der Waals surface area contributed by atoms with E-state index in [1.54, 1.807) is 4.90 Å². The average Bonchev–Trinajstić information content (AvgIpc) is 2.70. The van der Waals surface area contributed by atoms with Crippen LogP contribution in [0.2, 0.25) is 0 Å². The van der Waals surface area contributed by atoms with E-state index in [9.17, 15) is 18.0 Å². The average molecular weight is 414 g/mol. The Morgan fingerprint density at radius 2 is 1.89 bits per heavy atom. The highest BCUT2D eigenvalue weighted by molar-refractivity contribution is 7.89. The van der Waals surface area contributed by atoms with Crippen molar-refractivity contribution in [2.75, 3.05) is 33.9 Å². The van der Waals surface area contributed by atoms with Crippen molar-refractivity contribution in [3.8, 4) is 11.5 Å². The van der Waals surface area contributed by atoms with Gasteiger partial charge in [0, 0.05) is 18.7 Å². The van der Waals surface area contributed by atoms with E-state index in [2.05, 4.69) is 4.72 Å². The molecule has 1 saturated heterocycles. The first-order chi connectivity index (χ1) is 13.3. The molecule has 2 rings (SSSR count). The van der Waals surface area contributed by atoms with Crippen LogP contribution in [0.15, 0.2) is 23.1 Å². The van der Waals surface area contributed by atoms with Crippen LogP contribution in [0.25, 0.3) is 0 Å². The molecule has 0 bridgehead atoms. The van der Waals surface area contributed by atoms with E-state index in [1.807, 2.05) is 6.92 Å². The number of benzene rings is 1. The zero-order chi connectivity index (χ0) is 20.7. The maximum absolute atomic E-state index is 12.3. The Labute approximate surface area is 165 Å². The van der Waals surface area contributed by atoms with Gasteiger partial charge in [0.15, 0.2) is 18.1 Å². The van der Waals surface area contributed by atoms with E-state index in [1.165, 1.54) is 32.4 Å². The molecule has 1 heterocycles. The van der Waals surface area contributed by atoms with Gasteiger partial charge < -0.3 is 19.1 Å². The minimum Gasteiger partial charge on any atom is -0.493 e. The third kappa shape index (κ3) is 5.59. The molecule has 0 unspecified atom stereocenters. The van der Waals surface area contributed by atoms with Crippen molar-refractivity contribution < 1.29 is 32.2 Å². The molecular formula is C18H26N2O7S. The van der Waals surface area contributed by atoms with Crippen LogP contribution in [0.4, 0.5) is 0 Å². The second kappa shape index (κ2) is 9.74. The van der Waals surface area contributed by atoms with Gasteiger partial charge in [0.2, 0.25) is 10.0 Å². The number of carbonyl (C=O) groups excluding carboxylic acids is 2. The van der Waals surface area contributed by atoms with Gasteiger partial charge in [0.05, 0.1) is 19.1 Å². The van der Waals surface area contributed by atoms with Crippen molar-refractivity contribution in [2.45, 2.75) is 37.1 Å². The Hall–Kier alpha value is -2.33. The van der Waals surface area contributed by atoms with Gasteiger partial charge in [0.1, 0.15) is 6.54 Å². The molecular weight excluding hydrogens is 388 g/mol. The third-order valence-electron chi connectivity index (χ3n) is 4.55. The molecule has 28 heavy (non-hydrogen) atoms. The summed E-state index contributed by atoms with van der Waals surface area (Å²) >= 11 is 0. The number of nitrogens with one attached hydrogen (secondary N) is 1. The lowest BCUT2D eigenvalue weighted by Crippen LogP contribution is -2.44. The van der Waals surface area contributed by atoms with Crippen LogP contribution in [0.5, 0.6) is 11.5 Å². The fourth-order valence-corrected chi connectivity index (χ4v) is 3.95. The largest absolute Gasteiger partial charge is 0.493 e. The summed E-state index contributed by atoms with van der Waals surface area (Å²) in [5.41, 5.74) is 0. The third-order valence-corrected chi connectivity index (χ3v) is 5.95. The van der Waals surface area contributed by atoms with Gasteiger partial charge in [-0.2, -0.15) is 4.72 Å². The molecule has 0 aromatic heterocycles. The summed E-state index contributed by atoms with van der Waals surface area (Å²) in [5.74, 6) is -0.481. The van der Waals surface area contributed by atoms with Crippen LogP contribution in [-0.2, 0) is 24.3 Å². The molecule has 156 valence electrons. The quantitative estimate of drug-likeness (QED) is 0.630. The minimum atomic E-state index is -3.96. The number of esters is 1. The molecule has 9 nitrogen and oxygen atoms in total. The van der Waals surface area contributed by atoms with Gasteiger partial charge in [-0.25, -0.2) is 8.42 Å². The molecule has 1 aromatic carbocycles. The van der Waals surface area contributed by atoms with Gasteiger partial charge >= 0.3 is 5.97 Å². The second-order valence-electron chi connectivity index (χ2n) is 6.43. The first-order valence-corrected chi connectivity index (χ1v) is 10.4. The normalized spacial score (nSPS) is 17.1. The topological polar surface area (TPSA) is 111 Å². The summed E-state index contributed by atoms with van der Waals surface area (Å²) in [5, 5.41) is 0. The maximum Gasteiger partial charge on any atom is 0.321 e. The molecule has 1 aliphatic rings. The number of hydrogen-bond donors (Lipinski definition) is 1. The SMILES string of the molecule is COc1ccc(S(=O)(=O)NCC(=O)OCC(=O)N2CCCC[C@H]2C)cc1OC. The standard InChI is InChI=1S/C18H26N2O7S/c1-13-6-4-5-9-20(13)17(21)12-27-18(22)11-19-28(23,24)14-7-8-15(25-2)16(10-14)26-3/h7-8,10,13,19H,4-6,9,11-12H2,1-3H3/t13-/m1/s1. The van der Waals surface area contributed by atoms with Crippen LogP contribution in [0.3, 0.4) is 0 Å². The molecule has 1 N–H and O–H groups in total.